The Balaban J connectivity index is 1.72. The Labute approximate surface area is 198 Å². The SMILES string of the molecule is CNC(=O)Cc1nc(NC(C)=O)ccc1C(=O)NC1CCC(CN)(c2cccc(Cl)c2)CC1. The highest BCUT2D eigenvalue weighted by Gasteiger charge is 2.36. The van der Waals surface area contributed by atoms with Gasteiger partial charge >= 0.3 is 0 Å². The third-order valence-corrected chi connectivity index (χ3v) is 6.47. The quantitative estimate of drug-likeness (QED) is 0.493. The van der Waals surface area contributed by atoms with Gasteiger partial charge in [-0.2, -0.15) is 0 Å². The first kappa shape index (κ1) is 24.7. The molecule has 5 N–H and O–H groups in total. The normalized spacial score (nSPS) is 20.1. The van der Waals surface area contributed by atoms with Crippen molar-refractivity contribution in [2.45, 2.75) is 50.5 Å². The van der Waals surface area contributed by atoms with E-state index in [1.807, 2.05) is 18.2 Å². The van der Waals surface area contributed by atoms with E-state index >= 15 is 0 Å². The molecule has 0 aliphatic heterocycles. The van der Waals surface area contributed by atoms with Gasteiger partial charge in [-0.3, -0.25) is 14.4 Å². The maximum absolute atomic E-state index is 13.1. The lowest BCUT2D eigenvalue weighted by atomic mass is 9.68. The highest BCUT2D eigenvalue weighted by Crippen LogP contribution is 2.39. The molecule has 0 radical (unpaired) electrons. The predicted molar refractivity (Wildman–Crippen MR) is 128 cm³/mol. The molecule has 1 aliphatic carbocycles. The summed E-state index contributed by atoms with van der Waals surface area (Å²) in [5, 5.41) is 8.90. The number of nitrogens with zero attached hydrogens (tertiary/aromatic N) is 1. The number of pyridine rings is 1. The maximum Gasteiger partial charge on any atom is 0.253 e. The summed E-state index contributed by atoms with van der Waals surface area (Å²) in [5.74, 6) is -0.548. The molecule has 1 aromatic heterocycles. The van der Waals surface area contributed by atoms with Crippen molar-refractivity contribution >= 4 is 35.1 Å². The van der Waals surface area contributed by atoms with Gasteiger partial charge in [0, 0.05) is 37.0 Å². The van der Waals surface area contributed by atoms with Crippen LogP contribution in [0.25, 0.3) is 0 Å². The summed E-state index contributed by atoms with van der Waals surface area (Å²) in [7, 11) is 1.52. The van der Waals surface area contributed by atoms with Crippen molar-refractivity contribution in [1.29, 1.82) is 0 Å². The molecule has 2 aromatic rings. The number of nitrogens with two attached hydrogens (primary N) is 1. The van der Waals surface area contributed by atoms with E-state index in [4.69, 9.17) is 17.3 Å². The van der Waals surface area contributed by atoms with Crippen LogP contribution < -0.4 is 21.7 Å². The standard InChI is InChI=1S/C24H30ClN5O3/c1-15(31)28-21-7-6-19(20(30-21)13-22(32)27-2)23(33)29-18-8-10-24(14-26,11-9-18)16-4-3-5-17(25)12-16/h3-7,12,18H,8-11,13-14,26H2,1-2H3,(H,27,32)(H,29,33)(H,28,30,31). The van der Waals surface area contributed by atoms with Crippen LogP contribution in [-0.2, 0) is 21.4 Å². The van der Waals surface area contributed by atoms with Gasteiger partial charge in [0.2, 0.25) is 11.8 Å². The summed E-state index contributed by atoms with van der Waals surface area (Å²) in [5.41, 5.74) is 7.78. The van der Waals surface area contributed by atoms with Gasteiger partial charge in [-0.25, -0.2) is 4.98 Å². The van der Waals surface area contributed by atoms with Gasteiger partial charge in [0.15, 0.2) is 0 Å². The topological polar surface area (TPSA) is 126 Å². The molecule has 3 rings (SSSR count). The molecule has 1 fully saturated rings. The number of rotatable bonds is 7. The van der Waals surface area contributed by atoms with Crippen LogP contribution in [0.4, 0.5) is 5.82 Å². The lowest BCUT2D eigenvalue weighted by Crippen LogP contribution is -2.45. The highest BCUT2D eigenvalue weighted by molar-refractivity contribution is 6.30. The van der Waals surface area contributed by atoms with Gasteiger partial charge in [0.05, 0.1) is 17.7 Å². The van der Waals surface area contributed by atoms with E-state index in [0.29, 0.717) is 28.6 Å². The monoisotopic (exact) mass is 471 g/mol. The number of hydrogen-bond donors (Lipinski definition) is 4. The van der Waals surface area contributed by atoms with Gasteiger partial charge in [-0.15, -0.1) is 0 Å². The fraction of sp³-hybridized carbons (Fsp3) is 0.417. The second kappa shape index (κ2) is 10.8. The van der Waals surface area contributed by atoms with Crippen molar-refractivity contribution < 1.29 is 14.4 Å². The van der Waals surface area contributed by atoms with Gasteiger partial charge < -0.3 is 21.7 Å². The molecule has 176 valence electrons. The van der Waals surface area contributed by atoms with Crippen molar-refractivity contribution in [2.75, 3.05) is 18.9 Å². The Morgan fingerprint density at radius 3 is 2.52 bits per heavy atom. The van der Waals surface area contributed by atoms with E-state index in [2.05, 4.69) is 27.0 Å². The second-order valence-corrected chi connectivity index (χ2v) is 8.90. The summed E-state index contributed by atoms with van der Waals surface area (Å²) < 4.78 is 0. The molecule has 8 nitrogen and oxygen atoms in total. The van der Waals surface area contributed by atoms with Crippen molar-refractivity contribution in [3.8, 4) is 0 Å². The van der Waals surface area contributed by atoms with Crippen LogP contribution in [0.3, 0.4) is 0 Å². The largest absolute Gasteiger partial charge is 0.359 e. The average Bonchev–Trinajstić information content (AvgIpc) is 2.79. The van der Waals surface area contributed by atoms with E-state index in [1.165, 1.54) is 14.0 Å². The molecule has 33 heavy (non-hydrogen) atoms. The van der Waals surface area contributed by atoms with Crippen LogP contribution in [0.15, 0.2) is 36.4 Å². The second-order valence-electron chi connectivity index (χ2n) is 8.46. The number of likely N-dealkylation sites (N-methyl/N-ethyl adjacent to an activating group) is 1. The number of hydrogen-bond acceptors (Lipinski definition) is 5. The third-order valence-electron chi connectivity index (χ3n) is 6.24. The van der Waals surface area contributed by atoms with Crippen molar-refractivity contribution in [3.05, 3.63) is 58.2 Å². The van der Waals surface area contributed by atoms with Crippen LogP contribution in [0, 0.1) is 0 Å². The lowest BCUT2D eigenvalue weighted by Gasteiger charge is -2.40. The highest BCUT2D eigenvalue weighted by atomic mass is 35.5. The zero-order valence-corrected chi connectivity index (χ0v) is 19.7. The minimum Gasteiger partial charge on any atom is -0.359 e. The molecule has 1 aliphatic rings. The average molecular weight is 472 g/mol. The van der Waals surface area contributed by atoms with E-state index in [9.17, 15) is 14.4 Å². The summed E-state index contributed by atoms with van der Waals surface area (Å²) in [4.78, 5) is 40.7. The molecule has 0 bridgehead atoms. The van der Waals surface area contributed by atoms with Crippen LogP contribution >= 0.6 is 11.6 Å². The van der Waals surface area contributed by atoms with Crippen LogP contribution in [0.1, 0.15) is 54.2 Å². The Morgan fingerprint density at radius 2 is 1.91 bits per heavy atom. The fourth-order valence-corrected chi connectivity index (χ4v) is 4.53. The number of benzene rings is 1. The Bertz CT molecular complexity index is 1030. The van der Waals surface area contributed by atoms with E-state index in [0.717, 1.165) is 31.2 Å². The molecule has 3 amide bonds. The first-order valence-electron chi connectivity index (χ1n) is 11.0. The van der Waals surface area contributed by atoms with Crippen LogP contribution in [-0.4, -0.2) is 42.3 Å². The predicted octanol–water partition coefficient (Wildman–Crippen LogP) is 2.55. The third kappa shape index (κ3) is 6.09. The maximum atomic E-state index is 13.1. The van der Waals surface area contributed by atoms with E-state index in [1.54, 1.807) is 12.1 Å². The first-order valence-corrected chi connectivity index (χ1v) is 11.4. The molecule has 1 saturated carbocycles. The lowest BCUT2D eigenvalue weighted by molar-refractivity contribution is -0.120. The molecule has 9 heteroatoms. The van der Waals surface area contributed by atoms with Gasteiger partial charge in [0.25, 0.3) is 5.91 Å². The summed E-state index contributed by atoms with van der Waals surface area (Å²) in [6.07, 6.45) is 3.15. The van der Waals surface area contributed by atoms with Gasteiger partial charge in [-0.1, -0.05) is 23.7 Å². The van der Waals surface area contributed by atoms with E-state index < -0.39 is 0 Å². The molecule has 1 heterocycles. The van der Waals surface area contributed by atoms with Crippen molar-refractivity contribution in [1.82, 2.24) is 15.6 Å². The smallest absolute Gasteiger partial charge is 0.253 e. The fourth-order valence-electron chi connectivity index (χ4n) is 4.34. The van der Waals surface area contributed by atoms with Crippen molar-refractivity contribution in [2.24, 2.45) is 5.73 Å². The van der Waals surface area contributed by atoms with Crippen LogP contribution in [0.2, 0.25) is 5.02 Å². The molecule has 0 atom stereocenters. The Kier molecular flexibility index (Phi) is 8.05. The Hall–Kier alpha value is -2.97. The number of nitrogens with one attached hydrogen (secondary N) is 3. The van der Waals surface area contributed by atoms with Gasteiger partial charge in [-0.05, 0) is 55.5 Å². The Morgan fingerprint density at radius 1 is 1.18 bits per heavy atom. The minimum absolute atomic E-state index is 0.0146. The molecule has 1 aromatic carbocycles. The summed E-state index contributed by atoms with van der Waals surface area (Å²) in [6.45, 7) is 1.88. The summed E-state index contributed by atoms with van der Waals surface area (Å²) >= 11 is 6.19. The number of anilines is 1. The molecular weight excluding hydrogens is 442 g/mol. The molecule has 0 unspecified atom stereocenters. The number of amides is 3. The zero-order valence-electron chi connectivity index (χ0n) is 18.9. The molecular formula is C24H30ClN5O3. The number of halogens is 1. The summed E-state index contributed by atoms with van der Waals surface area (Å²) in [6, 6.07) is 11.0. The van der Waals surface area contributed by atoms with Crippen LogP contribution in [0.5, 0.6) is 0 Å². The van der Waals surface area contributed by atoms with Crippen molar-refractivity contribution in [3.63, 3.8) is 0 Å². The van der Waals surface area contributed by atoms with E-state index in [-0.39, 0.29) is 35.6 Å². The zero-order chi connectivity index (χ0) is 24.0. The number of carbonyl (C=O) groups is 3. The molecule has 0 saturated heterocycles. The molecule has 0 spiro atoms. The minimum atomic E-state index is -0.288. The number of carbonyl (C=O) groups excluding carboxylic acids is 3. The van der Waals surface area contributed by atoms with Gasteiger partial charge in [0.1, 0.15) is 5.82 Å². The number of aromatic nitrogens is 1. The first-order chi connectivity index (χ1) is 15.8.